The molecular formula is C21H47O5S-. The third kappa shape index (κ3) is 36.8. The van der Waals surface area contributed by atoms with Crippen LogP contribution in [0.15, 0.2) is 0 Å². The Hall–Kier alpha value is -0.750. The molecule has 0 fully saturated rings. The van der Waals surface area contributed by atoms with Crippen molar-refractivity contribution in [3.05, 3.63) is 0 Å². The van der Waals surface area contributed by atoms with Crippen LogP contribution in [0.1, 0.15) is 121 Å². The van der Waals surface area contributed by atoms with Crippen molar-refractivity contribution in [2.45, 2.75) is 126 Å². The highest BCUT2D eigenvalue weighted by molar-refractivity contribution is 7.87. The second kappa shape index (κ2) is 27.5. The zero-order chi connectivity index (χ0) is 21.6. The van der Waals surface area contributed by atoms with E-state index in [4.69, 9.17) is 0 Å². The summed E-state index contributed by atoms with van der Waals surface area (Å²) in [7, 11) is -4.68. The lowest BCUT2D eigenvalue weighted by Gasteiger charge is -2.15. The van der Waals surface area contributed by atoms with Crippen molar-refractivity contribution in [2.24, 2.45) is 0 Å². The molecule has 0 amide bonds. The van der Waals surface area contributed by atoms with Crippen LogP contribution in [0.5, 0.6) is 0 Å². The molecule has 0 aliphatic carbocycles. The molecule has 0 bridgehead atoms. The first-order valence-corrected chi connectivity index (χ1v) is 11.5. The Labute approximate surface area is 170 Å². The van der Waals surface area contributed by atoms with E-state index in [1.807, 2.05) is 13.8 Å². The number of carbonyl (C=O) groups excluding carboxylic acids is 2. The minimum atomic E-state index is -4.68. The third-order valence-electron chi connectivity index (χ3n) is 2.98. The predicted octanol–water partition coefficient (Wildman–Crippen LogP) is 6.30. The number of ketones is 2. The van der Waals surface area contributed by atoms with Gasteiger partial charge in [0.25, 0.3) is 0 Å². The van der Waals surface area contributed by atoms with Crippen LogP contribution in [0.2, 0.25) is 0 Å². The Bertz CT molecular complexity index is 397. The molecule has 0 radical (unpaired) electrons. The summed E-state index contributed by atoms with van der Waals surface area (Å²) in [6.07, 6.45) is 10.7. The SMILES string of the molecule is C.CC.CC(=O)CC(C(C)=O)S(=O)(=O)[O-].CCC.CCCCCCCCC. The predicted molar refractivity (Wildman–Crippen MR) is 117 cm³/mol. The summed E-state index contributed by atoms with van der Waals surface area (Å²) in [5.74, 6) is -1.28. The van der Waals surface area contributed by atoms with Crippen LogP contribution in [0, 0.1) is 0 Å². The van der Waals surface area contributed by atoms with Gasteiger partial charge in [0.2, 0.25) is 0 Å². The van der Waals surface area contributed by atoms with Crippen LogP contribution in [0.4, 0.5) is 0 Å². The van der Waals surface area contributed by atoms with Crippen molar-refractivity contribution in [3.8, 4) is 0 Å². The van der Waals surface area contributed by atoms with Gasteiger partial charge in [0.15, 0.2) is 0 Å². The second-order valence-electron chi connectivity index (χ2n) is 5.97. The molecule has 27 heavy (non-hydrogen) atoms. The highest BCUT2D eigenvalue weighted by atomic mass is 32.2. The van der Waals surface area contributed by atoms with Gasteiger partial charge in [-0.15, -0.1) is 0 Å². The molecule has 1 unspecified atom stereocenters. The Balaban J connectivity index is -0.0000000954. The second-order valence-corrected chi connectivity index (χ2v) is 7.53. The summed E-state index contributed by atoms with van der Waals surface area (Å²) < 4.78 is 31.1. The molecule has 0 N–H and O–H groups in total. The maximum atomic E-state index is 10.6. The first kappa shape index (κ1) is 37.1. The van der Waals surface area contributed by atoms with Gasteiger partial charge < -0.3 is 4.55 Å². The largest absolute Gasteiger partial charge is 0.747 e. The molecule has 1 atom stereocenters. The quantitative estimate of drug-likeness (QED) is 0.310. The molecule has 6 heteroatoms. The molecule has 0 saturated carbocycles. The van der Waals surface area contributed by atoms with Gasteiger partial charge in [-0.2, -0.15) is 0 Å². The van der Waals surface area contributed by atoms with E-state index in [0.29, 0.717) is 0 Å². The lowest BCUT2D eigenvalue weighted by Crippen LogP contribution is -2.30. The summed E-state index contributed by atoms with van der Waals surface area (Å²) >= 11 is 0. The Kier molecular flexibility index (Phi) is 37.7. The van der Waals surface area contributed by atoms with Crippen LogP contribution in [-0.2, 0) is 19.7 Å². The van der Waals surface area contributed by atoms with E-state index in [1.54, 1.807) is 0 Å². The van der Waals surface area contributed by atoms with Gasteiger partial charge in [0.1, 0.15) is 26.9 Å². The summed E-state index contributed by atoms with van der Waals surface area (Å²) in [6, 6.07) is 0. The maximum absolute atomic E-state index is 10.6. The molecular weight excluding hydrogens is 364 g/mol. The molecule has 0 aromatic rings. The van der Waals surface area contributed by atoms with E-state index in [2.05, 4.69) is 27.7 Å². The monoisotopic (exact) mass is 411 g/mol. The average Bonchev–Trinajstić information content (AvgIpc) is 2.54. The van der Waals surface area contributed by atoms with Gasteiger partial charge >= 0.3 is 0 Å². The number of unbranched alkanes of at least 4 members (excludes halogenated alkanes) is 6. The topological polar surface area (TPSA) is 91.3 Å². The fourth-order valence-electron chi connectivity index (χ4n) is 1.74. The van der Waals surface area contributed by atoms with Crippen LogP contribution < -0.4 is 0 Å². The van der Waals surface area contributed by atoms with E-state index < -0.39 is 33.4 Å². The molecule has 168 valence electrons. The van der Waals surface area contributed by atoms with Gasteiger partial charge in [0.05, 0.1) is 0 Å². The Morgan fingerprint density at radius 2 is 1.11 bits per heavy atom. The standard InChI is InChI=1S/C9H20.C6H10O5S.C3H8.C2H6.CH4/c1-3-5-7-9-8-6-4-2;1-4(7)3-6(5(2)8)12(9,10)11;1-3-2;1-2;/h3-9H2,1-2H3;6H,3H2,1-2H3,(H,9,10,11);3H2,1-2H3;1-2H3;1H4/p-1. The molecule has 0 aliphatic rings. The number of rotatable bonds is 10. The molecule has 0 aromatic heterocycles. The zero-order valence-electron chi connectivity index (χ0n) is 18.4. The van der Waals surface area contributed by atoms with E-state index in [-0.39, 0.29) is 7.43 Å². The van der Waals surface area contributed by atoms with Gasteiger partial charge in [-0.25, -0.2) is 8.42 Å². The fraction of sp³-hybridized carbons (Fsp3) is 0.905. The summed E-state index contributed by atoms with van der Waals surface area (Å²) in [5, 5.41) is -1.71. The normalized spacial score (nSPS) is 10.4. The fourth-order valence-corrected chi connectivity index (χ4v) is 2.59. The molecule has 0 rings (SSSR count). The maximum Gasteiger partial charge on any atom is 0.147 e. The van der Waals surface area contributed by atoms with Crippen LogP contribution in [0.25, 0.3) is 0 Å². The summed E-state index contributed by atoms with van der Waals surface area (Å²) in [4.78, 5) is 21.0. The van der Waals surface area contributed by atoms with E-state index in [9.17, 15) is 22.6 Å². The lowest BCUT2D eigenvalue weighted by atomic mass is 10.1. The van der Waals surface area contributed by atoms with Crippen molar-refractivity contribution < 1.29 is 22.6 Å². The van der Waals surface area contributed by atoms with Crippen molar-refractivity contribution in [1.29, 1.82) is 0 Å². The van der Waals surface area contributed by atoms with E-state index in [0.717, 1.165) is 13.8 Å². The van der Waals surface area contributed by atoms with E-state index >= 15 is 0 Å². The zero-order valence-corrected chi connectivity index (χ0v) is 19.2. The molecule has 0 aromatic carbocycles. The van der Waals surface area contributed by atoms with Gasteiger partial charge in [-0.05, 0) is 13.8 Å². The van der Waals surface area contributed by atoms with Crippen LogP contribution >= 0.6 is 0 Å². The van der Waals surface area contributed by atoms with Crippen molar-refractivity contribution in [1.82, 2.24) is 0 Å². The van der Waals surface area contributed by atoms with E-state index in [1.165, 1.54) is 51.4 Å². The van der Waals surface area contributed by atoms with Crippen molar-refractivity contribution >= 4 is 21.7 Å². The highest BCUT2D eigenvalue weighted by Crippen LogP contribution is 2.06. The minimum Gasteiger partial charge on any atom is -0.747 e. The van der Waals surface area contributed by atoms with Gasteiger partial charge in [0, 0.05) is 6.42 Å². The highest BCUT2D eigenvalue weighted by Gasteiger charge is 2.22. The molecule has 5 nitrogen and oxygen atoms in total. The van der Waals surface area contributed by atoms with Gasteiger partial charge in [-0.1, -0.05) is 100 Å². The first-order valence-electron chi connectivity index (χ1n) is 10.0. The molecule has 0 heterocycles. The number of hydrogen-bond donors (Lipinski definition) is 0. The summed E-state index contributed by atoms with van der Waals surface area (Å²) in [5.41, 5.74) is 0. The molecule has 0 spiro atoms. The number of Topliss-reactive ketones (excluding diaryl/α,β-unsaturated/α-hetero) is 2. The Morgan fingerprint density at radius 1 is 0.815 bits per heavy atom. The number of hydrogen-bond acceptors (Lipinski definition) is 5. The molecule has 0 saturated heterocycles. The van der Waals surface area contributed by atoms with Crippen LogP contribution in [-0.4, -0.2) is 29.8 Å². The lowest BCUT2D eigenvalue weighted by molar-refractivity contribution is -0.121. The van der Waals surface area contributed by atoms with Crippen molar-refractivity contribution in [3.63, 3.8) is 0 Å². The third-order valence-corrected chi connectivity index (χ3v) is 4.18. The smallest absolute Gasteiger partial charge is 0.147 e. The van der Waals surface area contributed by atoms with Crippen molar-refractivity contribution in [2.75, 3.05) is 0 Å². The first-order chi connectivity index (χ1) is 12.1. The van der Waals surface area contributed by atoms with Gasteiger partial charge in [-0.3, -0.25) is 9.59 Å². The number of carbonyl (C=O) groups is 2. The summed E-state index contributed by atoms with van der Waals surface area (Å²) in [6.45, 7) is 14.9. The molecule has 0 aliphatic heterocycles. The average molecular weight is 412 g/mol. The van der Waals surface area contributed by atoms with Crippen LogP contribution in [0.3, 0.4) is 0 Å². The minimum absolute atomic E-state index is 0. The Morgan fingerprint density at radius 3 is 1.26 bits per heavy atom.